The summed E-state index contributed by atoms with van der Waals surface area (Å²) in [5.41, 5.74) is 3.46. The molecule has 4 heterocycles. The number of anilines is 1. The third kappa shape index (κ3) is 4.99. The molecule has 1 amide bonds. The highest BCUT2D eigenvalue weighted by Crippen LogP contribution is 2.35. The average molecular weight is 441 g/mol. The number of fused-ring (bicyclic) bond motifs is 1. The third-order valence-electron chi connectivity index (χ3n) is 6.90. The van der Waals surface area contributed by atoms with Gasteiger partial charge in [0.15, 0.2) is 5.82 Å². The van der Waals surface area contributed by atoms with E-state index < -0.39 is 0 Å². The van der Waals surface area contributed by atoms with Crippen molar-refractivity contribution in [2.24, 2.45) is 0 Å². The second kappa shape index (κ2) is 8.75. The summed E-state index contributed by atoms with van der Waals surface area (Å²) >= 11 is 0. The summed E-state index contributed by atoms with van der Waals surface area (Å²) in [4.78, 5) is 27.8. The maximum Gasteiger partial charge on any atom is 0.227 e. The standard InChI is InChI=1S/C25H40N6O/c1-24(2)14-17(15-25(3,4)29-24)13-21(32)31-11-8-7-9-20(31)23-27-19-16-30(6)12-10-18(19)22(26-5)28-23/h14,20,29H,7-13,15-16H2,1-6H3,(H,26,27,28)/t20-/m0/s1. The molecule has 3 aliphatic heterocycles. The molecule has 1 aromatic rings. The van der Waals surface area contributed by atoms with Crippen molar-refractivity contribution in [3.8, 4) is 0 Å². The number of hydrogen-bond acceptors (Lipinski definition) is 6. The fourth-order valence-corrected chi connectivity index (χ4v) is 5.93. The van der Waals surface area contributed by atoms with E-state index >= 15 is 0 Å². The Morgan fingerprint density at radius 2 is 2.00 bits per heavy atom. The predicted octanol–water partition coefficient (Wildman–Crippen LogP) is 3.43. The summed E-state index contributed by atoms with van der Waals surface area (Å²) in [7, 11) is 4.07. The van der Waals surface area contributed by atoms with Gasteiger partial charge in [-0.05, 0) is 66.8 Å². The van der Waals surface area contributed by atoms with Gasteiger partial charge in [0.2, 0.25) is 5.91 Å². The molecule has 0 aliphatic carbocycles. The van der Waals surface area contributed by atoms with Crippen LogP contribution in [0.2, 0.25) is 0 Å². The lowest BCUT2D eigenvalue weighted by atomic mass is 9.82. The fourth-order valence-electron chi connectivity index (χ4n) is 5.93. The van der Waals surface area contributed by atoms with Crippen LogP contribution in [0.25, 0.3) is 0 Å². The predicted molar refractivity (Wildman–Crippen MR) is 129 cm³/mol. The van der Waals surface area contributed by atoms with Crippen LogP contribution in [0.4, 0.5) is 5.82 Å². The van der Waals surface area contributed by atoms with Gasteiger partial charge in [0.05, 0.1) is 11.7 Å². The van der Waals surface area contributed by atoms with Crippen LogP contribution in [-0.4, -0.2) is 63.9 Å². The molecular formula is C25H40N6O. The molecule has 2 N–H and O–H groups in total. The van der Waals surface area contributed by atoms with Gasteiger partial charge in [-0.1, -0.05) is 11.6 Å². The molecule has 7 nitrogen and oxygen atoms in total. The highest BCUT2D eigenvalue weighted by atomic mass is 16.2. The van der Waals surface area contributed by atoms with Gasteiger partial charge in [0.25, 0.3) is 0 Å². The van der Waals surface area contributed by atoms with Gasteiger partial charge >= 0.3 is 0 Å². The molecule has 0 spiro atoms. The van der Waals surface area contributed by atoms with Gasteiger partial charge in [-0.25, -0.2) is 9.97 Å². The number of rotatable bonds is 4. The average Bonchev–Trinajstić information content (AvgIpc) is 2.70. The minimum Gasteiger partial charge on any atom is -0.373 e. The first-order valence-electron chi connectivity index (χ1n) is 12.1. The summed E-state index contributed by atoms with van der Waals surface area (Å²) in [6.45, 7) is 11.4. The first-order valence-corrected chi connectivity index (χ1v) is 12.1. The zero-order valence-electron chi connectivity index (χ0n) is 20.7. The molecule has 4 rings (SSSR count). The van der Waals surface area contributed by atoms with Crippen LogP contribution in [0.15, 0.2) is 11.6 Å². The fraction of sp³-hybridized carbons (Fsp3) is 0.720. The Balaban J connectivity index is 1.59. The van der Waals surface area contributed by atoms with E-state index in [1.54, 1.807) is 0 Å². The molecule has 176 valence electrons. The van der Waals surface area contributed by atoms with E-state index in [0.717, 1.165) is 69.1 Å². The maximum absolute atomic E-state index is 13.6. The van der Waals surface area contributed by atoms with Crippen molar-refractivity contribution in [2.75, 3.05) is 32.5 Å². The summed E-state index contributed by atoms with van der Waals surface area (Å²) < 4.78 is 0. The van der Waals surface area contributed by atoms with Gasteiger partial charge in [0, 0.05) is 49.7 Å². The molecule has 3 aliphatic rings. The van der Waals surface area contributed by atoms with Gasteiger partial charge in [-0.3, -0.25) is 4.79 Å². The number of hydrogen-bond donors (Lipinski definition) is 2. The zero-order valence-corrected chi connectivity index (χ0v) is 20.7. The van der Waals surface area contributed by atoms with Crippen molar-refractivity contribution in [3.05, 3.63) is 28.7 Å². The summed E-state index contributed by atoms with van der Waals surface area (Å²) in [6, 6.07) is -0.0378. The lowest BCUT2D eigenvalue weighted by molar-refractivity contribution is -0.134. The van der Waals surface area contributed by atoms with Crippen LogP contribution in [0, 0.1) is 0 Å². The number of carbonyl (C=O) groups excluding carboxylic acids is 1. The third-order valence-corrected chi connectivity index (χ3v) is 6.90. The van der Waals surface area contributed by atoms with E-state index in [1.165, 1.54) is 11.1 Å². The molecule has 0 saturated carbocycles. The van der Waals surface area contributed by atoms with Crippen LogP contribution < -0.4 is 10.6 Å². The number of nitrogens with zero attached hydrogens (tertiary/aromatic N) is 4. The second-order valence-corrected chi connectivity index (χ2v) is 11.1. The van der Waals surface area contributed by atoms with E-state index in [9.17, 15) is 4.79 Å². The van der Waals surface area contributed by atoms with Crippen molar-refractivity contribution in [1.29, 1.82) is 0 Å². The summed E-state index contributed by atoms with van der Waals surface area (Å²) in [5, 5.41) is 6.95. The maximum atomic E-state index is 13.6. The van der Waals surface area contributed by atoms with E-state index in [-0.39, 0.29) is 23.0 Å². The Hall–Kier alpha value is -1.99. The smallest absolute Gasteiger partial charge is 0.227 e. The highest BCUT2D eigenvalue weighted by Gasteiger charge is 2.36. The van der Waals surface area contributed by atoms with Crippen LogP contribution in [0.1, 0.15) is 82.9 Å². The molecule has 32 heavy (non-hydrogen) atoms. The van der Waals surface area contributed by atoms with E-state index in [1.807, 2.05) is 7.05 Å². The normalized spacial score (nSPS) is 25.1. The largest absolute Gasteiger partial charge is 0.373 e. The number of aromatic nitrogens is 2. The SMILES string of the molecule is CNc1nc([C@@H]2CCCCN2C(=O)CC2=CC(C)(C)NC(C)(C)C2)nc2c1CCN(C)C2. The van der Waals surface area contributed by atoms with Crippen molar-refractivity contribution < 1.29 is 4.79 Å². The lowest BCUT2D eigenvalue weighted by Crippen LogP contribution is -2.54. The van der Waals surface area contributed by atoms with Crippen molar-refractivity contribution in [2.45, 2.75) is 89.9 Å². The number of likely N-dealkylation sites (N-methyl/N-ethyl adjacent to an activating group) is 1. The monoisotopic (exact) mass is 440 g/mol. The highest BCUT2D eigenvalue weighted by molar-refractivity contribution is 5.79. The lowest BCUT2D eigenvalue weighted by Gasteiger charge is -2.42. The number of amides is 1. The molecule has 7 heteroatoms. The van der Waals surface area contributed by atoms with Gasteiger partial charge in [-0.15, -0.1) is 0 Å². The number of piperidine rings is 1. The first-order chi connectivity index (χ1) is 15.1. The van der Waals surface area contributed by atoms with Crippen molar-refractivity contribution in [3.63, 3.8) is 0 Å². The molecule has 0 bridgehead atoms. The molecule has 0 aromatic carbocycles. The van der Waals surface area contributed by atoms with Gasteiger partial charge < -0.3 is 20.4 Å². The zero-order chi connectivity index (χ0) is 23.1. The minimum atomic E-state index is -0.103. The van der Waals surface area contributed by atoms with Crippen molar-refractivity contribution in [1.82, 2.24) is 25.1 Å². The van der Waals surface area contributed by atoms with E-state index in [2.05, 4.69) is 61.3 Å². The van der Waals surface area contributed by atoms with Gasteiger partial charge in [0.1, 0.15) is 5.82 Å². The Labute approximate surface area is 193 Å². The van der Waals surface area contributed by atoms with Crippen molar-refractivity contribution >= 4 is 11.7 Å². The molecule has 1 fully saturated rings. The first kappa shape index (κ1) is 23.2. The Morgan fingerprint density at radius 1 is 1.22 bits per heavy atom. The molecular weight excluding hydrogens is 400 g/mol. The number of nitrogens with one attached hydrogen (secondary N) is 2. The van der Waals surface area contributed by atoms with Crippen LogP contribution in [0.3, 0.4) is 0 Å². The molecule has 1 atom stereocenters. The second-order valence-electron chi connectivity index (χ2n) is 11.1. The molecule has 1 aromatic heterocycles. The minimum absolute atomic E-state index is 0.00943. The summed E-state index contributed by atoms with van der Waals surface area (Å²) in [6.07, 6.45) is 7.68. The summed E-state index contributed by atoms with van der Waals surface area (Å²) in [5.74, 6) is 1.94. The van der Waals surface area contributed by atoms with Crippen LogP contribution in [-0.2, 0) is 17.8 Å². The van der Waals surface area contributed by atoms with Gasteiger partial charge in [-0.2, -0.15) is 0 Å². The Bertz CT molecular complexity index is 906. The Kier molecular flexibility index (Phi) is 6.34. The molecule has 1 saturated heterocycles. The quantitative estimate of drug-likeness (QED) is 0.699. The molecule has 0 radical (unpaired) electrons. The topological polar surface area (TPSA) is 73.4 Å². The van der Waals surface area contributed by atoms with Crippen LogP contribution >= 0.6 is 0 Å². The molecule has 0 unspecified atom stereocenters. The van der Waals surface area contributed by atoms with E-state index in [0.29, 0.717) is 6.42 Å². The number of likely N-dealkylation sites (tertiary alicyclic amines) is 1. The van der Waals surface area contributed by atoms with E-state index in [4.69, 9.17) is 9.97 Å². The Morgan fingerprint density at radius 3 is 2.72 bits per heavy atom. The van der Waals surface area contributed by atoms with Crippen LogP contribution in [0.5, 0.6) is 0 Å². The number of carbonyl (C=O) groups is 1.